The van der Waals surface area contributed by atoms with Crippen molar-refractivity contribution in [3.8, 4) is 0 Å². The van der Waals surface area contributed by atoms with E-state index in [-0.39, 0.29) is 24.1 Å². The van der Waals surface area contributed by atoms with E-state index in [1.807, 2.05) is 12.1 Å². The van der Waals surface area contributed by atoms with E-state index in [1.54, 1.807) is 4.90 Å². The van der Waals surface area contributed by atoms with E-state index in [9.17, 15) is 14.4 Å². The van der Waals surface area contributed by atoms with Gasteiger partial charge in [-0.15, -0.1) is 0 Å². The smallest absolute Gasteiger partial charge is 0.255 e. The summed E-state index contributed by atoms with van der Waals surface area (Å²) >= 11 is 0. The van der Waals surface area contributed by atoms with Crippen molar-refractivity contribution in [2.45, 2.75) is 75.8 Å². The molecule has 1 aromatic carbocycles. The van der Waals surface area contributed by atoms with Crippen molar-refractivity contribution in [2.24, 2.45) is 0 Å². The van der Waals surface area contributed by atoms with Crippen LogP contribution in [-0.2, 0) is 22.7 Å². The van der Waals surface area contributed by atoms with Crippen LogP contribution in [0.3, 0.4) is 0 Å². The number of rotatable bonds is 4. The van der Waals surface area contributed by atoms with Gasteiger partial charge in [0.05, 0.1) is 0 Å². The zero-order chi connectivity index (χ0) is 20.1. The fourth-order valence-corrected chi connectivity index (χ4v) is 5.58. The second-order valence-electron chi connectivity index (χ2n) is 9.02. The number of benzene rings is 1. The van der Waals surface area contributed by atoms with E-state index in [4.69, 9.17) is 0 Å². The van der Waals surface area contributed by atoms with Gasteiger partial charge in [0.2, 0.25) is 11.8 Å². The predicted molar refractivity (Wildman–Crippen MR) is 107 cm³/mol. The maximum absolute atomic E-state index is 13.0. The van der Waals surface area contributed by atoms with Crippen molar-refractivity contribution in [2.75, 3.05) is 7.05 Å². The number of piperidine rings is 2. The second kappa shape index (κ2) is 7.22. The molecule has 4 heterocycles. The lowest BCUT2D eigenvalue weighted by molar-refractivity contribution is -0.136. The van der Waals surface area contributed by atoms with Crippen LogP contribution in [0.2, 0.25) is 0 Å². The molecule has 4 atom stereocenters. The summed E-state index contributed by atoms with van der Waals surface area (Å²) in [6.07, 6.45) is 5.62. The number of hydrogen-bond acceptors (Lipinski definition) is 5. The topological polar surface area (TPSA) is 81.8 Å². The van der Waals surface area contributed by atoms with Gasteiger partial charge < -0.3 is 10.2 Å². The number of amides is 3. The van der Waals surface area contributed by atoms with Crippen LogP contribution >= 0.6 is 0 Å². The van der Waals surface area contributed by atoms with E-state index in [1.165, 1.54) is 31.2 Å². The molecule has 7 heteroatoms. The molecule has 0 aromatic heterocycles. The maximum atomic E-state index is 13.0. The van der Waals surface area contributed by atoms with Crippen molar-refractivity contribution in [3.63, 3.8) is 0 Å². The quantitative estimate of drug-likeness (QED) is 0.747. The van der Waals surface area contributed by atoms with Gasteiger partial charge in [-0.25, -0.2) is 0 Å². The molecule has 0 saturated carbocycles. The molecular weight excluding hydrogens is 368 g/mol. The Labute approximate surface area is 170 Å². The van der Waals surface area contributed by atoms with Gasteiger partial charge in [-0.1, -0.05) is 12.1 Å². The monoisotopic (exact) mass is 396 g/mol. The molecule has 3 saturated heterocycles. The minimum atomic E-state index is -0.557. The molecule has 154 valence electrons. The van der Waals surface area contributed by atoms with Crippen LogP contribution in [0.4, 0.5) is 0 Å². The molecule has 3 amide bonds. The summed E-state index contributed by atoms with van der Waals surface area (Å²) in [5.41, 5.74) is 2.90. The Morgan fingerprint density at radius 2 is 1.86 bits per heavy atom. The van der Waals surface area contributed by atoms with Crippen molar-refractivity contribution < 1.29 is 14.4 Å². The number of imide groups is 1. The molecular formula is C22H28N4O3. The molecule has 0 aliphatic carbocycles. The predicted octanol–water partition coefficient (Wildman–Crippen LogP) is 1.16. The fraction of sp³-hybridized carbons (Fsp3) is 0.591. The maximum Gasteiger partial charge on any atom is 0.255 e. The Bertz CT molecular complexity index is 858. The third-order valence-corrected chi connectivity index (χ3v) is 7.17. The number of nitrogens with one attached hydrogen (secondary N) is 2. The summed E-state index contributed by atoms with van der Waals surface area (Å²) in [7, 11) is 2.18. The molecule has 2 unspecified atom stereocenters. The van der Waals surface area contributed by atoms with Crippen LogP contribution in [-0.4, -0.2) is 58.7 Å². The molecule has 2 N–H and O–H groups in total. The van der Waals surface area contributed by atoms with Gasteiger partial charge >= 0.3 is 0 Å². The summed E-state index contributed by atoms with van der Waals surface area (Å²) in [4.78, 5) is 40.8. The highest BCUT2D eigenvalue weighted by molar-refractivity contribution is 6.05. The Balaban J connectivity index is 1.33. The Morgan fingerprint density at radius 3 is 2.59 bits per heavy atom. The second-order valence-corrected chi connectivity index (χ2v) is 9.02. The first-order valence-electron chi connectivity index (χ1n) is 10.7. The van der Waals surface area contributed by atoms with Crippen molar-refractivity contribution in [1.82, 2.24) is 20.4 Å². The third-order valence-electron chi connectivity index (χ3n) is 7.17. The number of carbonyl (C=O) groups excluding carboxylic acids is 3. The number of hydrogen-bond donors (Lipinski definition) is 2. The van der Waals surface area contributed by atoms with Gasteiger partial charge in [0.25, 0.3) is 5.91 Å². The SMILES string of the molecule is CN(Cc1cccc2c1CN(C1CCC(=O)NC1=O)C2=O)C1C[C@H]2CC[C@@H](C1)N2. The average molecular weight is 396 g/mol. The molecule has 4 aliphatic heterocycles. The lowest BCUT2D eigenvalue weighted by atomic mass is 9.97. The first-order chi connectivity index (χ1) is 14.0. The van der Waals surface area contributed by atoms with Gasteiger partial charge in [0, 0.05) is 43.2 Å². The normalized spacial score (nSPS) is 31.4. The summed E-state index contributed by atoms with van der Waals surface area (Å²) in [5, 5.41) is 6.07. The Morgan fingerprint density at radius 1 is 1.10 bits per heavy atom. The van der Waals surface area contributed by atoms with Gasteiger partial charge in [0.1, 0.15) is 6.04 Å². The highest BCUT2D eigenvalue weighted by Crippen LogP contribution is 2.33. The van der Waals surface area contributed by atoms with E-state index in [0.717, 1.165) is 12.1 Å². The Hall–Kier alpha value is -2.25. The van der Waals surface area contributed by atoms with Gasteiger partial charge in [0.15, 0.2) is 0 Å². The van der Waals surface area contributed by atoms with E-state index < -0.39 is 6.04 Å². The summed E-state index contributed by atoms with van der Waals surface area (Å²) in [5.74, 6) is -0.709. The molecule has 5 rings (SSSR count). The van der Waals surface area contributed by atoms with Crippen molar-refractivity contribution in [1.29, 1.82) is 0 Å². The molecule has 0 radical (unpaired) electrons. The Kier molecular flexibility index (Phi) is 4.67. The molecule has 29 heavy (non-hydrogen) atoms. The molecule has 3 fully saturated rings. The first kappa shape index (κ1) is 18.8. The lowest BCUT2D eigenvalue weighted by Crippen LogP contribution is -2.52. The van der Waals surface area contributed by atoms with E-state index in [0.29, 0.717) is 36.7 Å². The molecule has 2 bridgehead atoms. The van der Waals surface area contributed by atoms with E-state index in [2.05, 4.69) is 28.6 Å². The fourth-order valence-electron chi connectivity index (χ4n) is 5.58. The van der Waals surface area contributed by atoms with Crippen LogP contribution in [0, 0.1) is 0 Å². The highest BCUT2D eigenvalue weighted by Gasteiger charge is 2.40. The minimum Gasteiger partial charge on any atom is -0.322 e. The summed E-state index contributed by atoms with van der Waals surface area (Å²) in [6.45, 7) is 1.26. The molecule has 4 aliphatic rings. The number of fused-ring (bicyclic) bond motifs is 3. The molecule has 7 nitrogen and oxygen atoms in total. The molecule has 0 spiro atoms. The third kappa shape index (κ3) is 3.36. The number of carbonyl (C=O) groups is 3. The van der Waals surface area contributed by atoms with Crippen LogP contribution in [0.15, 0.2) is 18.2 Å². The standard InChI is InChI=1S/C22H28N4O3/c1-25(16-9-14-5-6-15(10-16)23-14)11-13-3-2-4-17-18(13)12-26(22(17)29)19-7-8-20(27)24-21(19)28/h2-4,14-16,19,23H,5-12H2,1H3,(H,24,27,28)/t14-,15+,16?,19?. The van der Waals surface area contributed by atoms with Crippen molar-refractivity contribution in [3.05, 3.63) is 34.9 Å². The zero-order valence-electron chi connectivity index (χ0n) is 16.8. The minimum absolute atomic E-state index is 0.0982. The van der Waals surface area contributed by atoms with Gasteiger partial charge in [-0.05, 0) is 56.3 Å². The zero-order valence-corrected chi connectivity index (χ0v) is 16.8. The van der Waals surface area contributed by atoms with Crippen molar-refractivity contribution >= 4 is 17.7 Å². The number of nitrogens with zero attached hydrogens (tertiary/aromatic N) is 2. The van der Waals surface area contributed by atoms with Crippen LogP contribution in [0.1, 0.15) is 60.0 Å². The summed E-state index contributed by atoms with van der Waals surface area (Å²) < 4.78 is 0. The summed E-state index contributed by atoms with van der Waals surface area (Å²) in [6, 6.07) is 7.20. The molecule has 1 aromatic rings. The van der Waals surface area contributed by atoms with E-state index >= 15 is 0 Å². The highest BCUT2D eigenvalue weighted by atomic mass is 16.2. The average Bonchev–Trinajstić information content (AvgIpc) is 3.21. The lowest BCUT2D eigenvalue weighted by Gasteiger charge is -2.36. The van der Waals surface area contributed by atoms with Crippen LogP contribution < -0.4 is 10.6 Å². The van der Waals surface area contributed by atoms with Gasteiger partial charge in [-0.3, -0.25) is 24.6 Å². The largest absolute Gasteiger partial charge is 0.322 e. The van der Waals surface area contributed by atoms with Crippen LogP contribution in [0.5, 0.6) is 0 Å². The van der Waals surface area contributed by atoms with Gasteiger partial charge in [-0.2, -0.15) is 0 Å². The first-order valence-corrected chi connectivity index (χ1v) is 10.7. The van der Waals surface area contributed by atoms with Crippen LogP contribution in [0.25, 0.3) is 0 Å².